The molecule has 0 saturated carbocycles. The van der Waals surface area contributed by atoms with Crippen LogP contribution >= 0.6 is 0 Å². The lowest BCUT2D eigenvalue weighted by Crippen LogP contribution is -2.09. The molecule has 1 heteroatoms. The molecule has 3 rings (SSSR count). The molecule has 0 aromatic heterocycles. The van der Waals surface area contributed by atoms with Crippen molar-refractivity contribution < 1.29 is 4.79 Å². The summed E-state index contributed by atoms with van der Waals surface area (Å²) in [6.07, 6.45) is 4.79. The second kappa shape index (κ2) is 2.32. The van der Waals surface area contributed by atoms with E-state index in [0.717, 1.165) is 6.42 Å². The molecule has 0 unspecified atom stereocenters. The fourth-order valence-corrected chi connectivity index (χ4v) is 2.45. The maximum atomic E-state index is 11.5. The van der Waals surface area contributed by atoms with Crippen LogP contribution in [0.4, 0.5) is 0 Å². The normalized spacial score (nSPS) is 29.1. The number of allylic oxidation sites excluding steroid dienone is 2. The van der Waals surface area contributed by atoms with Crippen LogP contribution in [0.15, 0.2) is 36.4 Å². The molecule has 2 bridgehead atoms. The summed E-state index contributed by atoms with van der Waals surface area (Å²) in [5, 5.41) is 0. The molecule has 0 radical (unpaired) electrons. The largest absolute Gasteiger partial charge is 0.294 e. The van der Waals surface area contributed by atoms with Crippen molar-refractivity contribution in [1.29, 1.82) is 0 Å². The second-order valence-electron chi connectivity index (χ2n) is 3.79. The Hall–Kier alpha value is -1.37. The van der Waals surface area contributed by atoms with Crippen molar-refractivity contribution in [1.82, 2.24) is 0 Å². The third-order valence-electron chi connectivity index (χ3n) is 3.10. The molecule has 0 spiro atoms. The highest BCUT2D eigenvalue weighted by atomic mass is 16.1. The van der Waals surface area contributed by atoms with Gasteiger partial charge in [-0.1, -0.05) is 30.3 Å². The van der Waals surface area contributed by atoms with Gasteiger partial charge in [-0.3, -0.25) is 4.79 Å². The minimum atomic E-state index is 0.159. The van der Waals surface area contributed by atoms with E-state index in [4.69, 9.17) is 0 Å². The molecule has 1 nitrogen and oxygen atoms in total. The van der Waals surface area contributed by atoms with Crippen LogP contribution in [0.1, 0.15) is 29.4 Å². The third-order valence-corrected chi connectivity index (χ3v) is 3.10. The van der Waals surface area contributed by atoms with Gasteiger partial charge < -0.3 is 0 Å². The number of rotatable bonds is 0. The molecule has 1 aromatic rings. The van der Waals surface area contributed by atoms with Crippen LogP contribution in [0.3, 0.4) is 0 Å². The molecule has 0 aliphatic heterocycles. The molecule has 2 aliphatic rings. The van der Waals surface area contributed by atoms with E-state index in [9.17, 15) is 4.79 Å². The van der Waals surface area contributed by atoms with Crippen LogP contribution in [0, 0.1) is 0 Å². The Kier molecular flexibility index (Phi) is 1.26. The molecular formula is C12H10O. The van der Waals surface area contributed by atoms with Gasteiger partial charge in [0.1, 0.15) is 0 Å². The lowest BCUT2D eigenvalue weighted by Gasteiger charge is -2.10. The molecule has 13 heavy (non-hydrogen) atoms. The lowest BCUT2D eigenvalue weighted by atomic mass is 9.92. The summed E-state index contributed by atoms with van der Waals surface area (Å²) in [6.45, 7) is 0. The number of benzene rings is 1. The van der Waals surface area contributed by atoms with Crippen molar-refractivity contribution in [3.05, 3.63) is 47.5 Å². The number of ketones is 1. The quantitative estimate of drug-likeness (QED) is 0.584. The molecular weight excluding hydrogens is 160 g/mol. The predicted molar refractivity (Wildman–Crippen MR) is 50.7 cm³/mol. The van der Waals surface area contributed by atoms with Crippen LogP contribution in [0.2, 0.25) is 0 Å². The minimum Gasteiger partial charge on any atom is -0.294 e. The van der Waals surface area contributed by atoms with E-state index in [1.165, 1.54) is 11.1 Å². The monoisotopic (exact) mass is 170 g/mol. The van der Waals surface area contributed by atoms with E-state index in [2.05, 4.69) is 18.2 Å². The molecule has 64 valence electrons. The standard InChI is InChI=1S/C12H10O/c13-12-6-5-8-7-11(12)10-4-2-1-3-9(8)10/h1-6,8,11H,7H2/t8-,11+/m1/s1. The zero-order valence-electron chi connectivity index (χ0n) is 7.23. The highest BCUT2D eigenvalue weighted by Crippen LogP contribution is 2.45. The van der Waals surface area contributed by atoms with Gasteiger partial charge in [0.2, 0.25) is 0 Å². The van der Waals surface area contributed by atoms with E-state index in [1.54, 1.807) is 6.08 Å². The Morgan fingerprint density at radius 3 is 2.77 bits per heavy atom. The first-order chi connectivity index (χ1) is 6.36. The van der Waals surface area contributed by atoms with Crippen molar-refractivity contribution in [2.75, 3.05) is 0 Å². The predicted octanol–water partition coefficient (Wildman–Crippen LogP) is 2.40. The van der Waals surface area contributed by atoms with E-state index in [1.807, 2.05) is 12.1 Å². The first kappa shape index (κ1) is 7.07. The summed E-state index contributed by atoms with van der Waals surface area (Å²) in [5.41, 5.74) is 2.61. The van der Waals surface area contributed by atoms with Gasteiger partial charge in [0.15, 0.2) is 5.78 Å². The van der Waals surface area contributed by atoms with Crippen molar-refractivity contribution in [3.8, 4) is 0 Å². The molecule has 2 aliphatic carbocycles. The summed E-state index contributed by atoms with van der Waals surface area (Å²) in [6, 6.07) is 8.30. The van der Waals surface area contributed by atoms with Gasteiger partial charge in [-0.25, -0.2) is 0 Å². The first-order valence-electron chi connectivity index (χ1n) is 4.67. The van der Waals surface area contributed by atoms with Crippen LogP contribution < -0.4 is 0 Å². The molecule has 0 amide bonds. The van der Waals surface area contributed by atoms with Gasteiger partial charge in [0, 0.05) is 11.8 Å². The lowest BCUT2D eigenvalue weighted by molar-refractivity contribution is -0.116. The number of carbonyl (C=O) groups is 1. The van der Waals surface area contributed by atoms with Crippen LogP contribution in [-0.4, -0.2) is 5.78 Å². The fraction of sp³-hybridized carbons (Fsp3) is 0.250. The van der Waals surface area contributed by atoms with Crippen molar-refractivity contribution in [3.63, 3.8) is 0 Å². The topological polar surface area (TPSA) is 17.1 Å². The molecule has 2 atom stereocenters. The van der Waals surface area contributed by atoms with Gasteiger partial charge in [-0.2, -0.15) is 0 Å². The number of hydrogen-bond donors (Lipinski definition) is 0. The number of carbonyl (C=O) groups excluding carboxylic acids is 1. The Balaban J connectivity index is 2.25. The molecule has 0 heterocycles. The minimum absolute atomic E-state index is 0.159. The summed E-state index contributed by atoms with van der Waals surface area (Å²) in [5.74, 6) is 0.936. The van der Waals surface area contributed by atoms with Gasteiger partial charge in [-0.05, 0) is 23.6 Å². The summed E-state index contributed by atoms with van der Waals surface area (Å²) in [4.78, 5) is 11.5. The van der Waals surface area contributed by atoms with E-state index >= 15 is 0 Å². The maximum absolute atomic E-state index is 11.5. The van der Waals surface area contributed by atoms with Gasteiger partial charge in [0.05, 0.1) is 0 Å². The molecule has 0 fully saturated rings. The summed E-state index contributed by atoms with van der Waals surface area (Å²) < 4.78 is 0. The summed E-state index contributed by atoms with van der Waals surface area (Å²) in [7, 11) is 0. The zero-order chi connectivity index (χ0) is 8.84. The molecule has 1 aromatic carbocycles. The van der Waals surface area contributed by atoms with Crippen molar-refractivity contribution in [2.45, 2.75) is 18.3 Å². The van der Waals surface area contributed by atoms with Crippen LogP contribution in [0.25, 0.3) is 0 Å². The van der Waals surface area contributed by atoms with Gasteiger partial charge in [0.25, 0.3) is 0 Å². The maximum Gasteiger partial charge on any atom is 0.162 e. The van der Waals surface area contributed by atoms with Crippen LogP contribution in [-0.2, 0) is 4.79 Å². The van der Waals surface area contributed by atoms with Gasteiger partial charge in [-0.15, -0.1) is 0 Å². The Morgan fingerprint density at radius 1 is 1.15 bits per heavy atom. The highest BCUT2D eigenvalue weighted by Gasteiger charge is 2.35. The van der Waals surface area contributed by atoms with Crippen LogP contribution in [0.5, 0.6) is 0 Å². The van der Waals surface area contributed by atoms with E-state index in [0.29, 0.717) is 5.92 Å². The Morgan fingerprint density at radius 2 is 1.92 bits per heavy atom. The van der Waals surface area contributed by atoms with Crippen molar-refractivity contribution >= 4 is 5.78 Å². The van der Waals surface area contributed by atoms with Crippen molar-refractivity contribution in [2.24, 2.45) is 0 Å². The summed E-state index contributed by atoms with van der Waals surface area (Å²) >= 11 is 0. The van der Waals surface area contributed by atoms with Gasteiger partial charge >= 0.3 is 0 Å². The SMILES string of the molecule is O=C1C=C[C@@H]2C[C@H]1c1ccccc12. The zero-order valence-corrected chi connectivity index (χ0v) is 7.23. The highest BCUT2D eigenvalue weighted by molar-refractivity contribution is 5.98. The fourth-order valence-electron chi connectivity index (χ4n) is 2.45. The average Bonchev–Trinajstić information content (AvgIpc) is 2.48. The Bertz CT molecular complexity index is 403. The smallest absolute Gasteiger partial charge is 0.162 e. The second-order valence-corrected chi connectivity index (χ2v) is 3.79. The number of hydrogen-bond acceptors (Lipinski definition) is 1. The molecule has 0 N–H and O–H groups in total. The van der Waals surface area contributed by atoms with E-state index in [-0.39, 0.29) is 11.7 Å². The molecule has 0 saturated heterocycles. The Labute approximate surface area is 77.1 Å². The average molecular weight is 170 g/mol. The first-order valence-corrected chi connectivity index (χ1v) is 4.67. The third kappa shape index (κ3) is 0.844. The van der Waals surface area contributed by atoms with E-state index < -0.39 is 0 Å². The number of fused-ring (bicyclic) bond motifs is 5.